The highest BCUT2D eigenvalue weighted by Gasteiger charge is 2.13. The number of aromatic carboxylic acids is 2. The van der Waals surface area contributed by atoms with Crippen LogP contribution in [0.5, 0.6) is 0 Å². The molecular weight excluding hydrogens is 518 g/mol. The van der Waals surface area contributed by atoms with Gasteiger partial charge in [-0.25, -0.2) is 19.0 Å². The number of primary amides is 1. The number of aromatic nitrogens is 4. The highest BCUT2D eigenvalue weighted by Crippen LogP contribution is 2.13. The molecule has 0 spiro atoms. The fraction of sp³-hybridized carbons (Fsp3) is 0.0714. The third-order valence-electron chi connectivity index (χ3n) is 6.03. The van der Waals surface area contributed by atoms with Crippen LogP contribution in [0.3, 0.4) is 0 Å². The van der Waals surface area contributed by atoms with Crippen molar-refractivity contribution in [3.63, 3.8) is 0 Å². The number of aromatic amines is 2. The van der Waals surface area contributed by atoms with Gasteiger partial charge in [-0.05, 0) is 80.6 Å². The number of aryl methyl sites for hydroxylation is 2. The second-order valence-electron chi connectivity index (χ2n) is 8.69. The van der Waals surface area contributed by atoms with Crippen molar-refractivity contribution in [1.82, 2.24) is 19.6 Å². The number of rotatable bonds is 8. The van der Waals surface area contributed by atoms with Gasteiger partial charge < -0.3 is 15.9 Å². The summed E-state index contributed by atoms with van der Waals surface area (Å²) in [4.78, 5) is 60.2. The van der Waals surface area contributed by atoms with E-state index >= 15 is 0 Å². The van der Waals surface area contributed by atoms with Crippen molar-refractivity contribution in [3.8, 4) is 11.4 Å². The molecule has 12 heteroatoms. The predicted octanol–water partition coefficient (Wildman–Crippen LogP) is 2.40. The summed E-state index contributed by atoms with van der Waals surface area (Å²) in [6.45, 7) is 3.30. The number of carbonyl (C=O) groups excluding carboxylic acids is 1. The number of carboxylic acid groups (broad SMARTS) is 2. The molecule has 4 aromatic rings. The van der Waals surface area contributed by atoms with Crippen LogP contribution in [0.15, 0.2) is 75.5 Å². The first-order valence-electron chi connectivity index (χ1n) is 11.7. The summed E-state index contributed by atoms with van der Waals surface area (Å²) >= 11 is 0. The van der Waals surface area contributed by atoms with Crippen LogP contribution in [0.25, 0.3) is 23.5 Å². The van der Waals surface area contributed by atoms with Gasteiger partial charge in [0.1, 0.15) is 0 Å². The maximum atomic E-state index is 13.0. The summed E-state index contributed by atoms with van der Waals surface area (Å²) in [6.07, 6.45) is 4.00. The zero-order chi connectivity index (χ0) is 29.1. The van der Waals surface area contributed by atoms with Gasteiger partial charge in [0.2, 0.25) is 0 Å². The summed E-state index contributed by atoms with van der Waals surface area (Å²) in [7, 11) is 0. The third-order valence-corrected chi connectivity index (χ3v) is 6.03. The summed E-state index contributed by atoms with van der Waals surface area (Å²) in [6, 6.07) is 11.4. The molecule has 0 atom stereocenters. The molecule has 2 aromatic carbocycles. The van der Waals surface area contributed by atoms with Gasteiger partial charge in [0, 0.05) is 11.4 Å². The van der Waals surface area contributed by atoms with Crippen LogP contribution in [0.2, 0.25) is 0 Å². The number of nitrogens with two attached hydrogens (primary N) is 1. The Hall–Kier alpha value is -5.87. The van der Waals surface area contributed by atoms with Crippen LogP contribution in [0.4, 0.5) is 0 Å². The molecule has 0 aliphatic heterocycles. The van der Waals surface area contributed by atoms with E-state index in [0.29, 0.717) is 22.8 Å². The van der Waals surface area contributed by atoms with Gasteiger partial charge in [-0.1, -0.05) is 0 Å². The number of H-pyrrole nitrogens is 2. The van der Waals surface area contributed by atoms with E-state index in [2.05, 4.69) is 15.9 Å². The average Bonchev–Trinajstić information content (AvgIpc) is 3.37. The Balaban J connectivity index is 1.67. The number of carboxylic acids is 2. The molecule has 0 unspecified atom stereocenters. The molecule has 6 N–H and O–H groups in total. The van der Waals surface area contributed by atoms with E-state index in [9.17, 15) is 24.0 Å². The van der Waals surface area contributed by atoms with Crippen molar-refractivity contribution in [3.05, 3.63) is 120 Å². The largest absolute Gasteiger partial charge is 0.478 e. The molecule has 202 valence electrons. The first kappa shape index (κ1) is 27.2. The molecule has 0 saturated carbocycles. The lowest BCUT2D eigenvalue weighted by molar-refractivity contribution is -0.114. The molecule has 12 nitrogen and oxygen atoms in total. The van der Waals surface area contributed by atoms with Crippen molar-refractivity contribution in [2.75, 3.05) is 0 Å². The van der Waals surface area contributed by atoms with E-state index < -0.39 is 29.0 Å². The van der Waals surface area contributed by atoms with Gasteiger partial charge in [-0.15, -0.1) is 5.73 Å². The normalized spacial score (nSPS) is 10.8. The van der Waals surface area contributed by atoms with Gasteiger partial charge in [-0.3, -0.25) is 24.6 Å². The maximum Gasteiger partial charge on any atom is 0.335 e. The minimum Gasteiger partial charge on any atom is -0.478 e. The Labute approximate surface area is 225 Å². The van der Waals surface area contributed by atoms with E-state index in [1.165, 1.54) is 76.1 Å². The lowest BCUT2D eigenvalue weighted by Gasteiger charge is -2.01. The van der Waals surface area contributed by atoms with Crippen molar-refractivity contribution < 1.29 is 24.6 Å². The molecule has 1 amide bonds. The van der Waals surface area contributed by atoms with E-state index in [1.54, 1.807) is 13.8 Å². The second-order valence-corrected chi connectivity index (χ2v) is 8.69. The maximum absolute atomic E-state index is 13.0. The number of hydrogen-bond acceptors (Lipinski definition) is 5. The van der Waals surface area contributed by atoms with Crippen LogP contribution in [0.1, 0.15) is 43.2 Å². The molecule has 0 bridgehead atoms. The quantitative estimate of drug-likeness (QED) is 0.128. The predicted molar refractivity (Wildman–Crippen MR) is 146 cm³/mol. The molecule has 2 heterocycles. The lowest BCUT2D eigenvalue weighted by Crippen LogP contribution is -2.16. The molecule has 0 fully saturated rings. The van der Waals surface area contributed by atoms with E-state index in [-0.39, 0.29) is 27.8 Å². The molecule has 4 rings (SSSR count). The Bertz CT molecular complexity index is 1860. The average molecular weight is 542 g/mol. The molecule has 0 aliphatic rings. The Morgan fingerprint density at radius 2 is 1.20 bits per heavy atom. The highest BCUT2D eigenvalue weighted by atomic mass is 16.4. The van der Waals surface area contributed by atoms with Crippen LogP contribution in [-0.2, 0) is 4.79 Å². The van der Waals surface area contributed by atoms with E-state index in [1.807, 2.05) is 0 Å². The molecule has 0 saturated heterocycles. The summed E-state index contributed by atoms with van der Waals surface area (Å²) in [5.41, 5.74) is 9.55. The molecule has 2 aromatic heterocycles. The smallest absolute Gasteiger partial charge is 0.335 e. The number of nitrogens with one attached hydrogen (secondary N) is 2. The third kappa shape index (κ3) is 5.37. The molecule has 40 heavy (non-hydrogen) atoms. The van der Waals surface area contributed by atoms with Crippen molar-refractivity contribution in [1.29, 1.82) is 0 Å². The van der Waals surface area contributed by atoms with Gasteiger partial charge in [0.25, 0.3) is 17.0 Å². The highest BCUT2D eigenvalue weighted by molar-refractivity contribution is 5.96. The fourth-order valence-corrected chi connectivity index (χ4v) is 3.87. The minimum absolute atomic E-state index is 0.0709. The van der Waals surface area contributed by atoms with E-state index in [4.69, 9.17) is 15.9 Å². The second kappa shape index (κ2) is 10.9. The SMILES string of the molecule is Cc1[nH]n(-c2ccc(C(=O)O)cc2)c(=O)c1C=C=C(C=Cc1c(C)[nH]n(-c2ccc(C(=O)O)cc2)c1=O)C(N)=O. The minimum atomic E-state index is -1.09. The first-order valence-corrected chi connectivity index (χ1v) is 11.7. The number of carbonyl (C=O) groups is 3. The van der Waals surface area contributed by atoms with Crippen LogP contribution >= 0.6 is 0 Å². The van der Waals surface area contributed by atoms with Crippen LogP contribution < -0.4 is 16.9 Å². The van der Waals surface area contributed by atoms with Crippen LogP contribution in [-0.4, -0.2) is 47.6 Å². The first-order chi connectivity index (χ1) is 19.0. The number of amides is 1. The summed E-state index contributed by atoms with van der Waals surface area (Å²) < 4.78 is 2.46. The van der Waals surface area contributed by atoms with E-state index in [0.717, 1.165) is 0 Å². The summed E-state index contributed by atoms with van der Waals surface area (Å²) in [5, 5.41) is 23.9. The Morgan fingerprint density at radius 3 is 1.62 bits per heavy atom. The number of hydrogen-bond donors (Lipinski definition) is 5. The molecular formula is C28H23N5O7. The topological polar surface area (TPSA) is 193 Å². The Kier molecular flexibility index (Phi) is 7.37. The fourth-order valence-electron chi connectivity index (χ4n) is 3.87. The van der Waals surface area contributed by atoms with Gasteiger partial charge in [0.15, 0.2) is 0 Å². The lowest BCUT2D eigenvalue weighted by atomic mass is 10.1. The standard InChI is InChI=1S/C28H23N5O7/c1-15-22(25(35)32(30-15)20-9-3-18(4-10-20)27(37)38)13-7-17(24(29)34)8-14-23-16(2)31-33(26(23)36)21-11-5-19(6-12-21)28(39)40/h3-7,9-14,30-31H,1-2H3,(H2,29,34)(H,37,38)(H,39,40). The zero-order valence-corrected chi connectivity index (χ0v) is 21.3. The van der Waals surface area contributed by atoms with Gasteiger partial charge in [-0.2, -0.15) is 0 Å². The molecule has 0 radical (unpaired) electrons. The molecule has 0 aliphatic carbocycles. The van der Waals surface area contributed by atoms with Crippen molar-refractivity contribution in [2.45, 2.75) is 13.8 Å². The Morgan fingerprint density at radius 1 is 0.775 bits per heavy atom. The van der Waals surface area contributed by atoms with Crippen molar-refractivity contribution in [2.24, 2.45) is 5.73 Å². The summed E-state index contributed by atoms with van der Waals surface area (Å²) in [5.74, 6) is -3.03. The zero-order valence-electron chi connectivity index (χ0n) is 21.3. The number of benzene rings is 2. The number of nitrogens with zero attached hydrogens (tertiary/aromatic N) is 2. The van der Waals surface area contributed by atoms with Crippen molar-refractivity contribution >= 4 is 30.0 Å². The monoisotopic (exact) mass is 541 g/mol. The van der Waals surface area contributed by atoms with Gasteiger partial charge in [0.05, 0.1) is 39.2 Å². The van der Waals surface area contributed by atoms with Crippen LogP contribution in [0, 0.1) is 13.8 Å². The van der Waals surface area contributed by atoms with Gasteiger partial charge >= 0.3 is 11.9 Å².